The first kappa shape index (κ1) is 17.0. The minimum atomic E-state index is -0.288. The lowest BCUT2D eigenvalue weighted by atomic mass is 9.95. The van der Waals surface area contributed by atoms with Crippen molar-refractivity contribution < 1.29 is 19.0 Å². The van der Waals surface area contributed by atoms with Crippen LogP contribution in [0, 0.1) is 0 Å². The standard InChI is InChI=1S/C20H21NO4/c1-20(2)12-25-19(21-20)16-10-18(24-4)17(23-3)9-15(16)14-8-6-5-7-13(14)11-22/h5-11H,12H2,1-4H3. The van der Waals surface area contributed by atoms with Gasteiger partial charge in [0.05, 0.1) is 19.8 Å². The number of hydrogen-bond donors (Lipinski definition) is 0. The Labute approximate surface area is 147 Å². The van der Waals surface area contributed by atoms with E-state index in [1.54, 1.807) is 20.3 Å². The third-order valence-corrected chi connectivity index (χ3v) is 4.10. The molecule has 130 valence electrons. The van der Waals surface area contributed by atoms with Gasteiger partial charge in [-0.05, 0) is 37.1 Å². The van der Waals surface area contributed by atoms with Gasteiger partial charge < -0.3 is 14.2 Å². The van der Waals surface area contributed by atoms with Crippen LogP contribution in [-0.4, -0.2) is 38.5 Å². The molecule has 1 heterocycles. The molecule has 0 radical (unpaired) electrons. The van der Waals surface area contributed by atoms with Crippen LogP contribution in [-0.2, 0) is 4.74 Å². The summed E-state index contributed by atoms with van der Waals surface area (Å²) in [6.45, 7) is 4.53. The molecule has 0 atom stereocenters. The minimum Gasteiger partial charge on any atom is -0.493 e. The number of hydrogen-bond acceptors (Lipinski definition) is 5. The van der Waals surface area contributed by atoms with Crippen LogP contribution in [0.2, 0.25) is 0 Å². The van der Waals surface area contributed by atoms with Crippen molar-refractivity contribution in [2.45, 2.75) is 19.4 Å². The Balaban J connectivity index is 2.27. The fraction of sp³-hybridized carbons (Fsp3) is 0.300. The van der Waals surface area contributed by atoms with Crippen LogP contribution in [0.1, 0.15) is 29.8 Å². The number of rotatable bonds is 5. The molecule has 1 aliphatic rings. The molecule has 0 saturated heterocycles. The first-order valence-electron chi connectivity index (χ1n) is 8.02. The van der Waals surface area contributed by atoms with Crippen molar-refractivity contribution in [1.82, 2.24) is 0 Å². The molecule has 0 aliphatic carbocycles. The molecule has 2 aromatic carbocycles. The zero-order valence-electron chi connectivity index (χ0n) is 14.8. The lowest BCUT2D eigenvalue weighted by Crippen LogP contribution is -2.17. The summed E-state index contributed by atoms with van der Waals surface area (Å²) in [5.41, 5.74) is 2.69. The number of benzene rings is 2. The third kappa shape index (κ3) is 3.22. The maximum atomic E-state index is 11.5. The molecular formula is C20H21NO4. The van der Waals surface area contributed by atoms with E-state index in [9.17, 15) is 4.79 Å². The second-order valence-corrected chi connectivity index (χ2v) is 6.48. The number of nitrogens with zero attached hydrogens (tertiary/aromatic N) is 1. The molecule has 0 amide bonds. The summed E-state index contributed by atoms with van der Waals surface area (Å²) in [5.74, 6) is 1.71. The molecule has 0 aromatic heterocycles. The summed E-state index contributed by atoms with van der Waals surface area (Å²) >= 11 is 0. The second kappa shape index (κ2) is 6.59. The average molecular weight is 339 g/mol. The summed E-state index contributed by atoms with van der Waals surface area (Å²) in [6.07, 6.45) is 0.844. The zero-order chi connectivity index (χ0) is 18.0. The third-order valence-electron chi connectivity index (χ3n) is 4.10. The highest BCUT2D eigenvalue weighted by molar-refractivity contribution is 6.04. The van der Waals surface area contributed by atoms with Gasteiger partial charge in [-0.1, -0.05) is 24.3 Å². The second-order valence-electron chi connectivity index (χ2n) is 6.48. The summed E-state index contributed by atoms with van der Waals surface area (Å²) in [6, 6.07) is 11.1. The Morgan fingerprint density at radius 3 is 2.24 bits per heavy atom. The number of aliphatic imine (C=N–C) groups is 1. The Morgan fingerprint density at radius 1 is 1.04 bits per heavy atom. The van der Waals surface area contributed by atoms with E-state index in [0.717, 1.165) is 23.0 Å². The predicted molar refractivity (Wildman–Crippen MR) is 96.9 cm³/mol. The topological polar surface area (TPSA) is 57.1 Å². The number of ether oxygens (including phenoxy) is 3. The van der Waals surface area contributed by atoms with Gasteiger partial charge in [0, 0.05) is 11.1 Å². The molecule has 0 spiro atoms. The van der Waals surface area contributed by atoms with E-state index in [0.29, 0.717) is 29.6 Å². The van der Waals surface area contributed by atoms with Crippen molar-refractivity contribution in [3.63, 3.8) is 0 Å². The van der Waals surface area contributed by atoms with Crippen LogP contribution in [0.5, 0.6) is 11.5 Å². The summed E-state index contributed by atoms with van der Waals surface area (Å²) < 4.78 is 16.7. The Bertz CT molecular complexity index is 840. The first-order chi connectivity index (χ1) is 12.0. The Morgan fingerprint density at radius 2 is 1.68 bits per heavy atom. The van der Waals surface area contributed by atoms with Crippen molar-refractivity contribution >= 4 is 12.2 Å². The van der Waals surface area contributed by atoms with Crippen LogP contribution in [0.3, 0.4) is 0 Å². The van der Waals surface area contributed by atoms with Crippen molar-refractivity contribution in [1.29, 1.82) is 0 Å². The van der Waals surface area contributed by atoms with Crippen LogP contribution in [0.15, 0.2) is 41.4 Å². The van der Waals surface area contributed by atoms with Crippen LogP contribution in [0.4, 0.5) is 0 Å². The molecule has 2 aromatic rings. The van der Waals surface area contributed by atoms with E-state index >= 15 is 0 Å². The largest absolute Gasteiger partial charge is 0.493 e. The number of carbonyl (C=O) groups excluding carboxylic acids is 1. The van der Waals surface area contributed by atoms with Crippen LogP contribution >= 0.6 is 0 Å². The van der Waals surface area contributed by atoms with Gasteiger partial charge in [0.15, 0.2) is 17.8 Å². The molecule has 0 N–H and O–H groups in total. The van der Waals surface area contributed by atoms with E-state index in [1.807, 2.05) is 44.2 Å². The molecule has 1 aliphatic heterocycles. The van der Waals surface area contributed by atoms with E-state index in [4.69, 9.17) is 14.2 Å². The molecule has 0 saturated carbocycles. The lowest BCUT2D eigenvalue weighted by Gasteiger charge is -2.16. The first-order valence-corrected chi connectivity index (χ1v) is 8.02. The minimum absolute atomic E-state index is 0.288. The van der Waals surface area contributed by atoms with Crippen molar-refractivity contribution in [2.24, 2.45) is 4.99 Å². The van der Waals surface area contributed by atoms with Gasteiger partial charge in [-0.25, -0.2) is 4.99 Å². The van der Waals surface area contributed by atoms with E-state index in [1.165, 1.54) is 0 Å². The molecule has 25 heavy (non-hydrogen) atoms. The Hall–Kier alpha value is -2.82. The monoisotopic (exact) mass is 339 g/mol. The fourth-order valence-electron chi connectivity index (χ4n) is 2.85. The van der Waals surface area contributed by atoms with Gasteiger partial charge >= 0.3 is 0 Å². The maximum Gasteiger partial charge on any atom is 0.217 e. The number of methoxy groups -OCH3 is 2. The molecule has 0 fully saturated rings. The smallest absolute Gasteiger partial charge is 0.217 e. The molecular weight excluding hydrogens is 318 g/mol. The number of aldehydes is 1. The van der Waals surface area contributed by atoms with Crippen LogP contribution < -0.4 is 9.47 Å². The van der Waals surface area contributed by atoms with Crippen molar-refractivity contribution in [2.75, 3.05) is 20.8 Å². The zero-order valence-corrected chi connectivity index (χ0v) is 14.8. The van der Waals surface area contributed by atoms with E-state index in [-0.39, 0.29) is 5.54 Å². The van der Waals surface area contributed by atoms with Crippen molar-refractivity contribution in [3.8, 4) is 22.6 Å². The lowest BCUT2D eigenvalue weighted by molar-refractivity contribution is 0.112. The number of carbonyl (C=O) groups is 1. The molecule has 0 unspecified atom stereocenters. The fourth-order valence-corrected chi connectivity index (χ4v) is 2.85. The quantitative estimate of drug-likeness (QED) is 0.779. The highest BCUT2D eigenvalue weighted by Crippen LogP contribution is 2.38. The van der Waals surface area contributed by atoms with E-state index < -0.39 is 0 Å². The van der Waals surface area contributed by atoms with Gasteiger partial charge in [0.2, 0.25) is 5.90 Å². The van der Waals surface area contributed by atoms with Gasteiger partial charge in [-0.2, -0.15) is 0 Å². The molecule has 5 heteroatoms. The van der Waals surface area contributed by atoms with Gasteiger partial charge in [0.25, 0.3) is 0 Å². The summed E-state index contributed by atoms with van der Waals surface area (Å²) in [7, 11) is 3.17. The normalized spacial score (nSPS) is 15.3. The van der Waals surface area contributed by atoms with E-state index in [2.05, 4.69) is 4.99 Å². The SMILES string of the molecule is COc1cc(C2=NC(C)(C)CO2)c(-c2ccccc2C=O)cc1OC. The highest BCUT2D eigenvalue weighted by atomic mass is 16.5. The molecule has 0 bridgehead atoms. The molecule has 5 nitrogen and oxygen atoms in total. The summed E-state index contributed by atoms with van der Waals surface area (Å²) in [4.78, 5) is 16.2. The van der Waals surface area contributed by atoms with Crippen molar-refractivity contribution in [3.05, 3.63) is 47.5 Å². The predicted octanol–water partition coefficient (Wildman–Crippen LogP) is 3.74. The highest BCUT2D eigenvalue weighted by Gasteiger charge is 2.29. The van der Waals surface area contributed by atoms with Gasteiger partial charge in [-0.15, -0.1) is 0 Å². The Kier molecular flexibility index (Phi) is 4.49. The molecule has 3 rings (SSSR count). The summed E-state index contributed by atoms with van der Waals surface area (Å²) in [5, 5.41) is 0. The van der Waals surface area contributed by atoms with Gasteiger partial charge in [0.1, 0.15) is 6.61 Å². The van der Waals surface area contributed by atoms with Crippen LogP contribution in [0.25, 0.3) is 11.1 Å². The maximum absolute atomic E-state index is 11.5. The van der Waals surface area contributed by atoms with Gasteiger partial charge in [-0.3, -0.25) is 4.79 Å². The average Bonchev–Trinajstić information content (AvgIpc) is 3.00.